The third-order valence-corrected chi connectivity index (χ3v) is 3.17. The number of nitrogens with one attached hydrogen (secondary N) is 1. The summed E-state index contributed by atoms with van der Waals surface area (Å²) in [5, 5.41) is 14.1. The van der Waals surface area contributed by atoms with E-state index >= 15 is 0 Å². The average Bonchev–Trinajstić information content (AvgIpc) is 2.53. The molecule has 7 heteroatoms. The molecule has 0 aliphatic carbocycles. The summed E-state index contributed by atoms with van der Waals surface area (Å²) in [5.41, 5.74) is 0.599. The van der Waals surface area contributed by atoms with E-state index in [-0.39, 0.29) is 11.4 Å². The van der Waals surface area contributed by atoms with Gasteiger partial charge in [-0.05, 0) is 35.9 Å². The largest absolute Gasteiger partial charge is 0.496 e. The van der Waals surface area contributed by atoms with Crippen LogP contribution in [0.2, 0.25) is 5.02 Å². The van der Waals surface area contributed by atoms with E-state index < -0.39 is 10.8 Å². The molecule has 23 heavy (non-hydrogen) atoms. The first-order valence-corrected chi connectivity index (χ1v) is 6.94. The van der Waals surface area contributed by atoms with Crippen LogP contribution in [0.5, 0.6) is 5.75 Å². The average molecular weight is 333 g/mol. The van der Waals surface area contributed by atoms with Crippen LogP contribution in [0.1, 0.15) is 5.56 Å². The zero-order valence-corrected chi connectivity index (χ0v) is 12.9. The number of benzene rings is 2. The first kappa shape index (κ1) is 16.5. The molecular formula is C16H13ClN2O4. The minimum atomic E-state index is -0.585. The number of rotatable bonds is 5. The zero-order valence-electron chi connectivity index (χ0n) is 12.2. The van der Waals surface area contributed by atoms with E-state index in [1.165, 1.54) is 31.4 Å². The van der Waals surface area contributed by atoms with E-state index in [1.807, 2.05) is 0 Å². The molecule has 0 fully saturated rings. The fraction of sp³-hybridized carbons (Fsp3) is 0.0625. The van der Waals surface area contributed by atoms with Crippen molar-refractivity contribution in [2.75, 3.05) is 12.4 Å². The molecule has 0 radical (unpaired) electrons. The van der Waals surface area contributed by atoms with E-state index in [0.717, 1.165) is 5.56 Å². The highest BCUT2D eigenvalue weighted by Gasteiger charge is 2.16. The van der Waals surface area contributed by atoms with Gasteiger partial charge in [0.15, 0.2) is 0 Å². The van der Waals surface area contributed by atoms with Gasteiger partial charge in [0, 0.05) is 11.1 Å². The number of halogens is 1. The Bertz CT molecular complexity index is 774. The molecule has 0 saturated carbocycles. The third kappa shape index (κ3) is 4.55. The first-order chi connectivity index (χ1) is 11.0. The van der Waals surface area contributed by atoms with Gasteiger partial charge in [0.1, 0.15) is 11.4 Å². The van der Waals surface area contributed by atoms with Crippen molar-refractivity contribution in [2.45, 2.75) is 0 Å². The summed E-state index contributed by atoms with van der Waals surface area (Å²) in [6, 6.07) is 11.2. The molecule has 0 aromatic heterocycles. The van der Waals surface area contributed by atoms with Crippen LogP contribution in [-0.2, 0) is 4.79 Å². The van der Waals surface area contributed by atoms with Gasteiger partial charge in [-0.15, -0.1) is 0 Å². The molecule has 2 aromatic carbocycles. The minimum absolute atomic E-state index is 0.0940. The number of amides is 1. The summed E-state index contributed by atoms with van der Waals surface area (Å²) in [4.78, 5) is 22.4. The summed E-state index contributed by atoms with van der Waals surface area (Å²) < 4.78 is 4.94. The highest BCUT2D eigenvalue weighted by Crippen LogP contribution is 2.28. The van der Waals surface area contributed by atoms with Crippen molar-refractivity contribution < 1.29 is 14.5 Å². The molecule has 0 heterocycles. The lowest BCUT2D eigenvalue weighted by molar-refractivity contribution is -0.384. The zero-order chi connectivity index (χ0) is 16.8. The summed E-state index contributed by atoms with van der Waals surface area (Å²) in [6.07, 6.45) is 2.84. The van der Waals surface area contributed by atoms with Gasteiger partial charge < -0.3 is 10.1 Å². The van der Waals surface area contributed by atoms with Gasteiger partial charge in [0.25, 0.3) is 5.69 Å². The monoisotopic (exact) mass is 332 g/mol. The highest BCUT2D eigenvalue weighted by atomic mass is 35.5. The van der Waals surface area contributed by atoms with Crippen LogP contribution >= 0.6 is 11.6 Å². The Labute approximate surface area is 137 Å². The van der Waals surface area contributed by atoms with Crippen LogP contribution in [0.25, 0.3) is 6.08 Å². The van der Waals surface area contributed by atoms with Gasteiger partial charge in [-0.25, -0.2) is 0 Å². The standard InChI is InChI=1S/C16H13ClN2O4/c1-23-13-6-7-14(15(10-13)19(21)22)18-16(20)8-5-11-3-2-4-12(17)9-11/h2-10H,1H3,(H,18,20)/b8-5+. The fourth-order valence-electron chi connectivity index (χ4n) is 1.85. The Morgan fingerprint density at radius 3 is 2.74 bits per heavy atom. The molecule has 2 rings (SSSR count). The molecule has 0 saturated heterocycles. The molecular weight excluding hydrogens is 320 g/mol. The molecule has 0 spiro atoms. The fourth-order valence-corrected chi connectivity index (χ4v) is 2.05. The maximum atomic E-state index is 11.9. The predicted octanol–water partition coefficient (Wildman–Crippen LogP) is 3.91. The van der Waals surface area contributed by atoms with Crippen molar-refractivity contribution in [3.63, 3.8) is 0 Å². The second-order valence-corrected chi connectivity index (χ2v) is 4.95. The third-order valence-electron chi connectivity index (χ3n) is 2.94. The normalized spacial score (nSPS) is 10.5. The Balaban J connectivity index is 2.15. The quantitative estimate of drug-likeness (QED) is 0.511. The molecule has 0 atom stereocenters. The number of anilines is 1. The molecule has 6 nitrogen and oxygen atoms in total. The summed E-state index contributed by atoms with van der Waals surface area (Å²) >= 11 is 5.85. The van der Waals surface area contributed by atoms with Crippen LogP contribution in [0, 0.1) is 10.1 Å². The van der Waals surface area contributed by atoms with Gasteiger partial charge in [-0.1, -0.05) is 23.7 Å². The molecule has 0 aliphatic heterocycles. The van der Waals surface area contributed by atoms with Gasteiger partial charge in [0.2, 0.25) is 5.91 Å². The lowest BCUT2D eigenvalue weighted by Gasteiger charge is -2.05. The van der Waals surface area contributed by atoms with Crippen molar-refractivity contribution in [1.82, 2.24) is 0 Å². The van der Waals surface area contributed by atoms with Crippen LogP contribution in [0.15, 0.2) is 48.5 Å². The SMILES string of the molecule is COc1ccc(NC(=O)/C=C/c2cccc(Cl)c2)c([N+](=O)[O-])c1. The number of hydrogen-bond donors (Lipinski definition) is 1. The van der Waals surface area contributed by atoms with Gasteiger partial charge in [0.05, 0.1) is 18.1 Å². The van der Waals surface area contributed by atoms with Crippen molar-refractivity contribution in [2.24, 2.45) is 0 Å². The van der Waals surface area contributed by atoms with Crippen LogP contribution in [0.3, 0.4) is 0 Å². The lowest BCUT2D eigenvalue weighted by atomic mass is 10.2. The van der Waals surface area contributed by atoms with E-state index in [2.05, 4.69) is 5.32 Å². The van der Waals surface area contributed by atoms with Gasteiger partial charge in [-0.3, -0.25) is 14.9 Å². The van der Waals surface area contributed by atoms with Crippen LogP contribution < -0.4 is 10.1 Å². The van der Waals surface area contributed by atoms with Crippen molar-refractivity contribution in [3.8, 4) is 5.75 Å². The van der Waals surface area contributed by atoms with Crippen molar-refractivity contribution in [1.29, 1.82) is 0 Å². The molecule has 0 bridgehead atoms. The predicted molar refractivity (Wildman–Crippen MR) is 88.8 cm³/mol. The second kappa shape index (κ2) is 7.42. The molecule has 0 aliphatic rings. The number of nitrogens with zero attached hydrogens (tertiary/aromatic N) is 1. The highest BCUT2D eigenvalue weighted by molar-refractivity contribution is 6.30. The maximum absolute atomic E-state index is 11.9. The number of nitro groups is 1. The van der Waals surface area contributed by atoms with Gasteiger partial charge >= 0.3 is 0 Å². The number of carbonyl (C=O) groups excluding carboxylic acids is 1. The number of ether oxygens (including phenoxy) is 1. The molecule has 118 valence electrons. The Morgan fingerprint density at radius 1 is 1.30 bits per heavy atom. The molecule has 1 amide bonds. The Morgan fingerprint density at radius 2 is 2.09 bits per heavy atom. The number of methoxy groups -OCH3 is 1. The number of nitro benzene ring substituents is 1. The van der Waals surface area contributed by atoms with Crippen LogP contribution in [0.4, 0.5) is 11.4 Å². The second-order valence-electron chi connectivity index (χ2n) is 4.52. The van der Waals surface area contributed by atoms with Crippen molar-refractivity contribution >= 4 is 35.0 Å². The first-order valence-electron chi connectivity index (χ1n) is 6.56. The summed E-state index contributed by atoms with van der Waals surface area (Å²) in [5.74, 6) is -0.151. The Hall–Kier alpha value is -2.86. The van der Waals surface area contributed by atoms with E-state index in [9.17, 15) is 14.9 Å². The minimum Gasteiger partial charge on any atom is -0.496 e. The summed E-state index contributed by atoms with van der Waals surface area (Å²) in [6.45, 7) is 0. The van der Waals surface area contributed by atoms with E-state index in [4.69, 9.17) is 16.3 Å². The van der Waals surface area contributed by atoms with E-state index in [0.29, 0.717) is 10.8 Å². The van der Waals surface area contributed by atoms with Gasteiger partial charge in [-0.2, -0.15) is 0 Å². The number of carbonyl (C=O) groups is 1. The molecule has 0 unspecified atom stereocenters. The van der Waals surface area contributed by atoms with Crippen molar-refractivity contribution in [3.05, 3.63) is 69.2 Å². The topological polar surface area (TPSA) is 81.5 Å². The van der Waals surface area contributed by atoms with E-state index in [1.54, 1.807) is 30.3 Å². The maximum Gasteiger partial charge on any atom is 0.296 e. The molecule has 1 N–H and O–H groups in total. The number of hydrogen-bond acceptors (Lipinski definition) is 4. The Kier molecular flexibility index (Phi) is 5.32. The van der Waals surface area contributed by atoms with Crippen LogP contribution in [-0.4, -0.2) is 17.9 Å². The summed E-state index contributed by atoms with van der Waals surface area (Å²) in [7, 11) is 1.41. The molecule has 2 aromatic rings. The lowest BCUT2D eigenvalue weighted by Crippen LogP contribution is -2.09. The smallest absolute Gasteiger partial charge is 0.296 e.